The fraction of sp³-hybridized carbons (Fsp3) is 0.190. The number of nitrogens with zero attached hydrogens (tertiary/aromatic N) is 1. The van der Waals surface area contributed by atoms with E-state index in [0.29, 0.717) is 0 Å². The summed E-state index contributed by atoms with van der Waals surface area (Å²) in [6.45, 7) is 3.41. The zero-order valence-corrected chi connectivity index (χ0v) is 15.1. The van der Waals surface area contributed by atoms with Crippen LogP contribution in [-0.4, -0.2) is 17.4 Å². The van der Waals surface area contributed by atoms with E-state index in [0.717, 1.165) is 21.9 Å². The molecule has 1 unspecified atom stereocenters. The zero-order chi connectivity index (χ0) is 19.4. The number of fused-ring (bicyclic) bond motifs is 1. The lowest BCUT2D eigenvalue weighted by Gasteiger charge is -2.17. The molecule has 0 aliphatic heterocycles. The van der Waals surface area contributed by atoms with E-state index in [4.69, 9.17) is 4.74 Å². The molecular weight excluding hydrogens is 344 g/mol. The van der Waals surface area contributed by atoms with Crippen LogP contribution >= 0.6 is 0 Å². The molecular formula is C21H20N2O4. The fourth-order valence-corrected chi connectivity index (χ4v) is 3.02. The molecule has 3 aromatic carbocycles. The van der Waals surface area contributed by atoms with Crippen molar-refractivity contribution >= 4 is 22.4 Å². The molecule has 0 bridgehead atoms. The summed E-state index contributed by atoms with van der Waals surface area (Å²) < 4.78 is 5.41. The molecule has 0 aliphatic carbocycles. The molecule has 0 fully saturated rings. The average molecular weight is 364 g/mol. The normalized spacial score (nSPS) is 11.8. The van der Waals surface area contributed by atoms with Crippen LogP contribution < -0.4 is 10.1 Å². The highest BCUT2D eigenvalue weighted by Crippen LogP contribution is 2.28. The summed E-state index contributed by atoms with van der Waals surface area (Å²) >= 11 is 0. The van der Waals surface area contributed by atoms with Crippen LogP contribution in [0.3, 0.4) is 0 Å². The molecule has 0 radical (unpaired) electrons. The average Bonchev–Trinajstić information content (AvgIpc) is 2.65. The molecule has 0 heterocycles. The maximum Gasteiger partial charge on any atom is 0.310 e. The van der Waals surface area contributed by atoms with Gasteiger partial charge in [0.05, 0.1) is 11.0 Å². The summed E-state index contributed by atoms with van der Waals surface area (Å²) in [6.07, 6.45) is 0. The van der Waals surface area contributed by atoms with Crippen molar-refractivity contribution in [3.05, 3.63) is 81.9 Å². The third-order valence-corrected chi connectivity index (χ3v) is 4.34. The maximum absolute atomic E-state index is 12.3. The largest absolute Gasteiger partial charge is 0.477 e. The van der Waals surface area contributed by atoms with Crippen LogP contribution in [0.25, 0.3) is 10.8 Å². The summed E-state index contributed by atoms with van der Waals surface area (Å²) in [5.74, 6) is -0.251. The summed E-state index contributed by atoms with van der Waals surface area (Å²) in [5.41, 5.74) is 1.67. The molecule has 3 rings (SSSR count). The van der Waals surface area contributed by atoms with Gasteiger partial charge in [0.2, 0.25) is 0 Å². The minimum absolute atomic E-state index is 0.0907. The highest BCUT2D eigenvalue weighted by molar-refractivity contribution is 5.87. The van der Waals surface area contributed by atoms with Crippen LogP contribution in [0.1, 0.15) is 24.1 Å². The Morgan fingerprint density at radius 1 is 1.15 bits per heavy atom. The number of amides is 1. The Balaban J connectivity index is 1.69. The van der Waals surface area contributed by atoms with Gasteiger partial charge >= 0.3 is 5.69 Å². The number of ether oxygens (including phenoxy) is 1. The van der Waals surface area contributed by atoms with Crippen LogP contribution in [0, 0.1) is 17.0 Å². The Bertz CT molecular complexity index is 995. The predicted octanol–water partition coefficient (Wildman–Crippen LogP) is 4.31. The van der Waals surface area contributed by atoms with Gasteiger partial charge in [-0.1, -0.05) is 48.5 Å². The molecule has 0 aromatic heterocycles. The molecule has 1 amide bonds. The Kier molecular flexibility index (Phi) is 5.35. The third-order valence-electron chi connectivity index (χ3n) is 4.34. The molecule has 138 valence electrons. The SMILES string of the molecule is Cc1ccc([N+](=O)[O-])c(OCC(=O)NC(C)c2cccc3ccccc23)c1. The lowest BCUT2D eigenvalue weighted by Crippen LogP contribution is -2.31. The monoisotopic (exact) mass is 364 g/mol. The lowest BCUT2D eigenvalue weighted by molar-refractivity contribution is -0.385. The van der Waals surface area contributed by atoms with E-state index in [1.165, 1.54) is 6.07 Å². The van der Waals surface area contributed by atoms with Crippen molar-refractivity contribution in [2.75, 3.05) is 6.61 Å². The van der Waals surface area contributed by atoms with Crippen LogP contribution in [0.2, 0.25) is 0 Å². The van der Waals surface area contributed by atoms with Gasteiger partial charge < -0.3 is 10.1 Å². The summed E-state index contributed by atoms with van der Waals surface area (Å²) in [5, 5.41) is 16.2. The summed E-state index contributed by atoms with van der Waals surface area (Å²) in [6, 6.07) is 18.2. The van der Waals surface area contributed by atoms with Gasteiger partial charge in [0.15, 0.2) is 12.4 Å². The van der Waals surface area contributed by atoms with Crippen molar-refractivity contribution in [2.24, 2.45) is 0 Å². The second kappa shape index (κ2) is 7.86. The number of carbonyl (C=O) groups excluding carboxylic acids is 1. The highest BCUT2D eigenvalue weighted by atomic mass is 16.6. The Labute approximate surface area is 156 Å². The number of rotatable bonds is 6. The minimum atomic E-state index is -0.522. The van der Waals surface area contributed by atoms with Gasteiger partial charge in [0, 0.05) is 6.07 Å². The van der Waals surface area contributed by atoms with E-state index >= 15 is 0 Å². The summed E-state index contributed by atoms with van der Waals surface area (Å²) in [4.78, 5) is 22.9. The van der Waals surface area contributed by atoms with Gasteiger partial charge in [0.1, 0.15) is 0 Å². The number of benzene rings is 3. The molecule has 1 atom stereocenters. The van der Waals surface area contributed by atoms with E-state index in [1.807, 2.05) is 49.4 Å². The van der Waals surface area contributed by atoms with Gasteiger partial charge in [0.25, 0.3) is 5.91 Å². The first-order chi connectivity index (χ1) is 13.0. The number of hydrogen-bond acceptors (Lipinski definition) is 4. The topological polar surface area (TPSA) is 81.5 Å². The molecule has 0 saturated heterocycles. The van der Waals surface area contributed by atoms with E-state index in [9.17, 15) is 14.9 Å². The molecule has 3 aromatic rings. The van der Waals surface area contributed by atoms with Crippen LogP contribution in [-0.2, 0) is 4.79 Å². The molecule has 0 spiro atoms. The molecule has 6 heteroatoms. The smallest absolute Gasteiger partial charge is 0.310 e. The second-order valence-corrected chi connectivity index (χ2v) is 6.37. The predicted molar refractivity (Wildman–Crippen MR) is 104 cm³/mol. The molecule has 0 aliphatic rings. The van der Waals surface area contributed by atoms with Crippen LogP contribution in [0.15, 0.2) is 60.7 Å². The maximum atomic E-state index is 12.3. The molecule has 1 N–H and O–H groups in total. The van der Waals surface area contributed by atoms with Gasteiger partial charge in [-0.15, -0.1) is 0 Å². The Morgan fingerprint density at radius 3 is 2.67 bits per heavy atom. The number of hydrogen-bond donors (Lipinski definition) is 1. The second-order valence-electron chi connectivity index (χ2n) is 6.37. The van der Waals surface area contributed by atoms with Crippen LogP contribution in [0.4, 0.5) is 5.69 Å². The van der Waals surface area contributed by atoms with Gasteiger partial charge in [-0.2, -0.15) is 0 Å². The minimum Gasteiger partial charge on any atom is -0.477 e. The highest BCUT2D eigenvalue weighted by Gasteiger charge is 2.17. The first-order valence-corrected chi connectivity index (χ1v) is 8.60. The van der Waals surface area contributed by atoms with Gasteiger partial charge in [-0.3, -0.25) is 14.9 Å². The first-order valence-electron chi connectivity index (χ1n) is 8.60. The quantitative estimate of drug-likeness (QED) is 0.522. The van der Waals surface area contributed by atoms with Crippen molar-refractivity contribution < 1.29 is 14.5 Å². The van der Waals surface area contributed by atoms with Gasteiger partial charge in [-0.05, 0) is 41.8 Å². The van der Waals surface area contributed by atoms with Crippen LogP contribution in [0.5, 0.6) is 5.75 Å². The number of nitrogens with one attached hydrogen (secondary N) is 1. The molecule has 6 nitrogen and oxygen atoms in total. The Hall–Kier alpha value is -3.41. The molecule has 0 saturated carbocycles. The molecule has 27 heavy (non-hydrogen) atoms. The van der Waals surface area contributed by atoms with E-state index in [2.05, 4.69) is 5.32 Å². The van der Waals surface area contributed by atoms with Crippen molar-refractivity contribution in [1.29, 1.82) is 0 Å². The third kappa shape index (κ3) is 4.23. The lowest BCUT2D eigenvalue weighted by atomic mass is 10.00. The standard InChI is InChI=1S/C21H20N2O4/c1-14-10-11-19(23(25)26)20(12-14)27-13-21(24)22-15(2)17-9-5-7-16-6-3-4-8-18(16)17/h3-12,15H,13H2,1-2H3,(H,22,24). The van der Waals surface area contributed by atoms with Crippen molar-refractivity contribution in [1.82, 2.24) is 5.32 Å². The van der Waals surface area contributed by atoms with Crippen molar-refractivity contribution in [3.63, 3.8) is 0 Å². The van der Waals surface area contributed by atoms with Gasteiger partial charge in [-0.25, -0.2) is 0 Å². The van der Waals surface area contributed by atoms with Crippen molar-refractivity contribution in [3.8, 4) is 5.75 Å². The first kappa shape index (κ1) is 18.4. The van der Waals surface area contributed by atoms with E-state index in [1.54, 1.807) is 19.1 Å². The van der Waals surface area contributed by atoms with Crippen molar-refractivity contribution in [2.45, 2.75) is 19.9 Å². The summed E-state index contributed by atoms with van der Waals surface area (Å²) in [7, 11) is 0. The van der Waals surface area contributed by atoms with E-state index in [-0.39, 0.29) is 30.0 Å². The number of nitro groups is 1. The fourth-order valence-electron chi connectivity index (χ4n) is 3.02. The van der Waals surface area contributed by atoms with E-state index < -0.39 is 4.92 Å². The number of carbonyl (C=O) groups is 1. The number of aryl methyl sites for hydroxylation is 1. The number of nitro benzene ring substituents is 1. The Morgan fingerprint density at radius 2 is 1.89 bits per heavy atom. The zero-order valence-electron chi connectivity index (χ0n) is 15.1.